The second-order valence-electron chi connectivity index (χ2n) is 6.54. The Morgan fingerprint density at radius 3 is 2.22 bits per heavy atom. The van der Waals surface area contributed by atoms with Crippen molar-refractivity contribution in [1.29, 1.82) is 0 Å². The van der Waals surface area contributed by atoms with E-state index in [-0.39, 0.29) is 39.9 Å². The van der Waals surface area contributed by atoms with E-state index < -0.39 is 21.5 Å². The fourth-order valence-electron chi connectivity index (χ4n) is 3.23. The van der Waals surface area contributed by atoms with Crippen LogP contribution >= 0.6 is 11.6 Å². The van der Waals surface area contributed by atoms with E-state index in [9.17, 15) is 22.8 Å². The summed E-state index contributed by atoms with van der Waals surface area (Å²) >= 11 is 6.28. The molecule has 1 aliphatic carbocycles. The van der Waals surface area contributed by atoms with Crippen molar-refractivity contribution in [2.45, 2.75) is 24.2 Å². The lowest BCUT2D eigenvalue weighted by Gasteiger charge is -2.20. The Labute approximate surface area is 162 Å². The highest BCUT2D eigenvalue weighted by Gasteiger charge is 2.37. The van der Waals surface area contributed by atoms with E-state index in [1.165, 1.54) is 18.2 Å². The molecule has 0 spiro atoms. The molecule has 5 nitrogen and oxygen atoms in total. The Bertz CT molecular complexity index is 1040. The zero-order chi connectivity index (χ0) is 19.8. The van der Waals surface area contributed by atoms with Crippen molar-refractivity contribution >= 4 is 38.8 Å². The molecule has 0 atom stereocenters. The van der Waals surface area contributed by atoms with Gasteiger partial charge in [0.1, 0.15) is 5.92 Å². The molecule has 0 unspecified atom stereocenters. The van der Waals surface area contributed by atoms with Crippen LogP contribution in [-0.2, 0) is 19.4 Å². The van der Waals surface area contributed by atoms with Crippen LogP contribution in [-0.4, -0.2) is 32.0 Å². The number of benzene rings is 2. The third-order valence-electron chi connectivity index (χ3n) is 4.60. The molecule has 1 aliphatic rings. The second kappa shape index (κ2) is 7.37. The molecule has 140 valence electrons. The maximum atomic E-state index is 13.0. The number of hydrogen-bond donors (Lipinski definition) is 0. The predicted molar refractivity (Wildman–Crippen MR) is 102 cm³/mol. The highest BCUT2D eigenvalue weighted by Crippen LogP contribution is 2.34. The van der Waals surface area contributed by atoms with Crippen molar-refractivity contribution in [3.05, 3.63) is 53.1 Å². The van der Waals surface area contributed by atoms with Crippen LogP contribution in [0.1, 0.15) is 29.6 Å². The lowest BCUT2D eigenvalue weighted by Crippen LogP contribution is -2.35. The molecule has 0 aliphatic heterocycles. The molecule has 2 aromatic carbocycles. The summed E-state index contributed by atoms with van der Waals surface area (Å²) in [6.45, 7) is 0. The maximum absolute atomic E-state index is 13.0. The first kappa shape index (κ1) is 19.5. The number of Topliss-reactive ketones (excluding diaryl/α,β-unsaturated/α-hetero) is 3. The average molecular weight is 405 g/mol. The minimum absolute atomic E-state index is 0.0673. The summed E-state index contributed by atoms with van der Waals surface area (Å²) in [5, 5.41) is 0.166. The normalized spacial score (nSPS) is 15.8. The lowest BCUT2D eigenvalue weighted by molar-refractivity contribution is -0.133. The molecule has 2 aromatic rings. The van der Waals surface area contributed by atoms with Crippen molar-refractivity contribution in [3.8, 4) is 11.1 Å². The van der Waals surface area contributed by atoms with Crippen LogP contribution in [0.3, 0.4) is 0 Å². The number of hydrogen-bond acceptors (Lipinski definition) is 5. The quantitative estimate of drug-likeness (QED) is 0.574. The maximum Gasteiger partial charge on any atom is 0.181 e. The summed E-state index contributed by atoms with van der Waals surface area (Å²) in [6.07, 6.45) is 1.99. The van der Waals surface area contributed by atoms with E-state index >= 15 is 0 Å². The van der Waals surface area contributed by atoms with Crippen LogP contribution in [0.2, 0.25) is 5.02 Å². The lowest BCUT2D eigenvalue weighted by atomic mass is 9.80. The number of carbonyl (C=O) groups is 3. The van der Waals surface area contributed by atoms with Gasteiger partial charge in [0.2, 0.25) is 0 Å². The molecule has 0 aromatic heterocycles. The number of ketones is 3. The number of rotatable bonds is 4. The van der Waals surface area contributed by atoms with Gasteiger partial charge in [0.25, 0.3) is 0 Å². The van der Waals surface area contributed by atoms with Crippen LogP contribution in [0.4, 0.5) is 0 Å². The van der Waals surface area contributed by atoms with E-state index in [0.29, 0.717) is 17.5 Å². The monoisotopic (exact) mass is 404 g/mol. The van der Waals surface area contributed by atoms with E-state index in [4.69, 9.17) is 11.6 Å². The molecule has 7 heteroatoms. The minimum Gasteiger partial charge on any atom is -0.298 e. The fraction of sp³-hybridized carbons (Fsp3) is 0.250. The van der Waals surface area contributed by atoms with Gasteiger partial charge in [-0.25, -0.2) is 8.42 Å². The zero-order valence-electron chi connectivity index (χ0n) is 14.6. The molecular formula is C20H17ClO5S. The summed E-state index contributed by atoms with van der Waals surface area (Å²) in [6, 6.07) is 10.8. The van der Waals surface area contributed by atoms with Crippen LogP contribution < -0.4 is 0 Å². The van der Waals surface area contributed by atoms with Gasteiger partial charge in [0.15, 0.2) is 27.2 Å². The van der Waals surface area contributed by atoms with Crippen molar-refractivity contribution in [3.63, 3.8) is 0 Å². The summed E-state index contributed by atoms with van der Waals surface area (Å²) in [7, 11) is -3.42. The Kier molecular flexibility index (Phi) is 5.31. The molecule has 0 N–H and O–H groups in total. The highest BCUT2D eigenvalue weighted by atomic mass is 35.5. The van der Waals surface area contributed by atoms with E-state index in [1.54, 1.807) is 24.3 Å². The molecule has 0 radical (unpaired) electrons. The number of halogens is 1. The van der Waals surface area contributed by atoms with Crippen molar-refractivity contribution in [2.75, 3.05) is 6.26 Å². The fourth-order valence-corrected chi connectivity index (χ4v) is 4.22. The number of sulfone groups is 1. The third-order valence-corrected chi connectivity index (χ3v) is 6.03. The zero-order valence-corrected chi connectivity index (χ0v) is 16.1. The Morgan fingerprint density at radius 1 is 1.00 bits per heavy atom. The van der Waals surface area contributed by atoms with Crippen LogP contribution in [0.5, 0.6) is 0 Å². The molecule has 0 heterocycles. The minimum atomic E-state index is -3.42. The first-order chi connectivity index (χ1) is 12.7. The molecule has 0 saturated heterocycles. The van der Waals surface area contributed by atoms with Gasteiger partial charge >= 0.3 is 0 Å². The Hall–Kier alpha value is -2.31. The van der Waals surface area contributed by atoms with Crippen molar-refractivity contribution in [1.82, 2.24) is 0 Å². The van der Waals surface area contributed by atoms with Crippen molar-refractivity contribution in [2.24, 2.45) is 5.92 Å². The molecule has 1 fully saturated rings. The largest absolute Gasteiger partial charge is 0.298 e. The Morgan fingerprint density at radius 2 is 1.63 bits per heavy atom. The first-order valence-electron chi connectivity index (χ1n) is 8.39. The number of carbonyl (C=O) groups excluding carboxylic acids is 3. The third kappa shape index (κ3) is 3.87. The first-order valence-corrected chi connectivity index (χ1v) is 10.7. The van der Waals surface area contributed by atoms with Crippen LogP contribution in [0.15, 0.2) is 47.4 Å². The summed E-state index contributed by atoms with van der Waals surface area (Å²) in [5.74, 6) is -2.52. The molecule has 0 amide bonds. The Balaban J connectivity index is 2.08. The molecule has 3 rings (SSSR count). The standard InChI is InChI=1S/C20H17ClO5S/c1-27(25,26)12-9-10-14(16(21)11-12)13-5-2-3-6-15(13)20(24)19-17(22)7-4-8-18(19)23/h2-3,5-6,9-11,19H,4,7-8H2,1H3. The van der Waals surface area contributed by atoms with Crippen molar-refractivity contribution < 1.29 is 22.8 Å². The second-order valence-corrected chi connectivity index (χ2v) is 8.97. The topological polar surface area (TPSA) is 85.3 Å². The SMILES string of the molecule is CS(=O)(=O)c1ccc(-c2ccccc2C(=O)C2C(=O)CCCC2=O)c(Cl)c1. The van der Waals surface area contributed by atoms with Gasteiger partial charge in [-0.15, -0.1) is 0 Å². The summed E-state index contributed by atoms with van der Waals surface area (Å²) < 4.78 is 23.4. The van der Waals surface area contributed by atoms with E-state index in [0.717, 1.165) is 6.26 Å². The van der Waals surface area contributed by atoms with Crippen LogP contribution in [0.25, 0.3) is 11.1 Å². The van der Waals surface area contributed by atoms with Gasteiger partial charge in [-0.1, -0.05) is 41.9 Å². The highest BCUT2D eigenvalue weighted by molar-refractivity contribution is 7.90. The van der Waals surface area contributed by atoms with Gasteiger partial charge in [-0.2, -0.15) is 0 Å². The average Bonchev–Trinajstić information content (AvgIpc) is 2.60. The smallest absolute Gasteiger partial charge is 0.181 e. The molecule has 27 heavy (non-hydrogen) atoms. The summed E-state index contributed by atoms with van der Waals surface area (Å²) in [5.41, 5.74) is 1.14. The molecular weight excluding hydrogens is 388 g/mol. The molecule has 0 bridgehead atoms. The van der Waals surface area contributed by atoms with Crippen LogP contribution in [0, 0.1) is 5.92 Å². The van der Waals surface area contributed by atoms with Gasteiger partial charge in [0.05, 0.1) is 4.90 Å². The van der Waals surface area contributed by atoms with E-state index in [2.05, 4.69) is 0 Å². The van der Waals surface area contributed by atoms with E-state index in [1.807, 2.05) is 0 Å². The van der Waals surface area contributed by atoms with Gasteiger partial charge in [0, 0.05) is 35.2 Å². The van der Waals surface area contributed by atoms with Gasteiger partial charge < -0.3 is 0 Å². The predicted octanol–water partition coefficient (Wildman–Crippen LogP) is 3.53. The molecule has 1 saturated carbocycles. The summed E-state index contributed by atoms with van der Waals surface area (Å²) in [4.78, 5) is 37.3. The van der Waals surface area contributed by atoms with Gasteiger partial charge in [-0.05, 0) is 24.1 Å². The van der Waals surface area contributed by atoms with Gasteiger partial charge in [-0.3, -0.25) is 14.4 Å².